The van der Waals surface area contributed by atoms with Gasteiger partial charge in [-0.05, 0) is 6.07 Å². The summed E-state index contributed by atoms with van der Waals surface area (Å²) in [6.45, 7) is 0. The summed E-state index contributed by atoms with van der Waals surface area (Å²) in [5, 5.41) is 0. The van der Waals surface area contributed by atoms with Crippen molar-refractivity contribution in [1.29, 1.82) is 0 Å². The van der Waals surface area contributed by atoms with Gasteiger partial charge in [0.15, 0.2) is 29.6 Å². The lowest BCUT2D eigenvalue weighted by atomic mass is 10.0. The Hall–Kier alpha value is -2.51. The third-order valence-electron chi connectivity index (χ3n) is 2.56. The molecule has 0 bridgehead atoms. The molecule has 0 aliphatic carbocycles. The quantitative estimate of drug-likeness (QED) is 0.400. The van der Waals surface area contributed by atoms with Crippen molar-refractivity contribution in [2.24, 2.45) is 0 Å². The molecule has 0 amide bonds. The molecule has 0 unspecified atom stereocenters. The van der Waals surface area contributed by atoms with Gasteiger partial charge in [-0.15, -0.1) is 0 Å². The van der Waals surface area contributed by atoms with E-state index in [1.54, 1.807) is 0 Å². The minimum atomic E-state index is -2.29. The lowest BCUT2D eigenvalue weighted by Gasteiger charge is -2.08. The molecule has 0 atom stereocenters. The molecule has 2 rings (SSSR count). The minimum absolute atomic E-state index is 0.0916. The Morgan fingerprint density at radius 3 is 1.90 bits per heavy atom. The van der Waals surface area contributed by atoms with Crippen LogP contribution in [0.25, 0.3) is 11.1 Å². The number of aromatic amines is 1. The van der Waals surface area contributed by atoms with Crippen LogP contribution in [0.4, 0.5) is 22.0 Å². The van der Waals surface area contributed by atoms with E-state index in [1.807, 2.05) is 4.98 Å². The summed E-state index contributed by atoms with van der Waals surface area (Å²) >= 11 is 0. The third kappa shape index (κ3) is 1.98. The number of hydrogen-bond donors (Lipinski definition) is 1. The maximum absolute atomic E-state index is 13.5. The average molecular weight is 289 g/mol. The smallest absolute Gasteiger partial charge is 0.258 e. The first-order valence-corrected chi connectivity index (χ1v) is 5.08. The van der Waals surface area contributed by atoms with Gasteiger partial charge in [-0.2, -0.15) is 0 Å². The standard InChI is InChI=1S/C12H4F5NO2/c13-7-6(8(14)10(16)11(17)9(7)15)4-1-5(3-19)12(20)18-2-4/h1-3H,(H,18,20). The van der Waals surface area contributed by atoms with Crippen LogP contribution < -0.4 is 5.56 Å². The van der Waals surface area contributed by atoms with Crippen LogP contribution >= 0.6 is 0 Å². The maximum atomic E-state index is 13.5. The first-order valence-electron chi connectivity index (χ1n) is 5.08. The predicted octanol–water partition coefficient (Wildman–Crippen LogP) is 2.55. The van der Waals surface area contributed by atoms with E-state index in [0.29, 0.717) is 0 Å². The Morgan fingerprint density at radius 1 is 0.900 bits per heavy atom. The van der Waals surface area contributed by atoms with Crippen LogP contribution in [-0.2, 0) is 0 Å². The number of aldehydes is 1. The molecule has 1 aromatic heterocycles. The van der Waals surface area contributed by atoms with Crippen molar-refractivity contribution in [3.63, 3.8) is 0 Å². The fourth-order valence-electron chi connectivity index (χ4n) is 1.59. The van der Waals surface area contributed by atoms with E-state index in [4.69, 9.17) is 0 Å². The van der Waals surface area contributed by atoms with Crippen molar-refractivity contribution in [1.82, 2.24) is 4.98 Å². The predicted molar refractivity (Wildman–Crippen MR) is 57.7 cm³/mol. The highest BCUT2D eigenvalue weighted by Gasteiger charge is 2.26. The molecular formula is C12H4F5NO2. The molecule has 0 spiro atoms. The second-order valence-electron chi connectivity index (χ2n) is 3.74. The van der Waals surface area contributed by atoms with Gasteiger partial charge in [0.2, 0.25) is 5.82 Å². The first kappa shape index (κ1) is 13.9. The van der Waals surface area contributed by atoms with Crippen LogP contribution in [0.2, 0.25) is 0 Å². The maximum Gasteiger partial charge on any atom is 0.258 e. The Balaban J connectivity index is 2.83. The zero-order chi connectivity index (χ0) is 15.0. The highest BCUT2D eigenvalue weighted by Crippen LogP contribution is 2.30. The van der Waals surface area contributed by atoms with Gasteiger partial charge < -0.3 is 4.98 Å². The van der Waals surface area contributed by atoms with E-state index >= 15 is 0 Å². The molecule has 1 N–H and O–H groups in total. The average Bonchev–Trinajstić information content (AvgIpc) is 2.45. The molecule has 0 saturated heterocycles. The van der Waals surface area contributed by atoms with Crippen LogP contribution in [0.1, 0.15) is 10.4 Å². The lowest BCUT2D eigenvalue weighted by molar-refractivity contribution is 0.112. The van der Waals surface area contributed by atoms with Crippen LogP contribution in [0.5, 0.6) is 0 Å². The van der Waals surface area contributed by atoms with Crippen LogP contribution in [0, 0.1) is 29.1 Å². The first-order chi connectivity index (χ1) is 9.38. The van der Waals surface area contributed by atoms with E-state index in [-0.39, 0.29) is 6.29 Å². The molecule has 0 saturated carbocycles. The Labute approximate surface area is 107 Å². The number of H-pyrrole nitrogens is 1. The molecule has 20 heavy (non-hydrogen) atoms. The third-order valence-corrected chi connectivity index (χ3v) is 2.56. The summed E-state index contributed by atoms with van der Waals surface area (Å²) in [5.74, 6) is -10.6. The molecule has 3 nitrogen and oxygen atoms in total. The molecule has 0 aliphatic rings. The van der Waals surface area contributed by atoms with Gasteiger partial charge in [0, 0.05) is 11.8 Å². The van der Waals surface area contributed by atoms with Crippen LogP contribution in [-0.4, -0.2) is 11.3 Å². The number of aromatic nitrogens is 1. The lowest BCUT2D eigenvalue weighted by Crippen LogP contribution is -2.12. The van der Waals surface area contributed by atoms with E-state index in [2.05, 4.69) is 0 Å². The number of halogens is 5. The molecule has 1 heterocycles. The van der Waals surface area contributed by atoms with Crippen LogP contribution in [0.3, 0.4) is 0 Å². The number of nitrogens with one attached hydrogen (secondary N) is 1. The Bertz CT molecular complexity index is 740. The highest BCUT2D eigenvalue weighted by molar-refractivity contribution is 5.78. The Kier molecular flexibility index (Phi) is 3.39. The summed E-state index contributed by atoms with van der Waals surface area (Å²) < 4.78 is 66.0. The largest absolute Gasteiger partial charge is 0.328 e. The van der Waals surface area contributed by atoms with Crippen molar-refractivity contribution >= 4 is 6.29 Å². The van der Waals surface area contributed by atoms with Gasteiger partial charge in [0.1, 0.15) is 0 Å². The summed E-state index contributed by atoms with van der Waals surface area (Å²) in [5.41, 5.74) is -3.10. The van der Waals surface area contributed by atoms with Gasteiger partial charge in [-0.25, -0.2) is 22.0 Å². The van der Waals surface area contributed by atoms with Crippen molar-refractivity contribution in [2.75, 3.05) is 0 Å². The second kappa shape index (κ2) is 4.87. The van der Waals surface area contributed by atoms with E-state index in [9.17, 15) is 31.5 Å². The molecule has 8 heteroatoms. The van der Waals surface area contributed by atoms with Gasteiger partial charge in [-0.1, -0.05) is 0 Å². The SMILES string of the molecule is O=Cc1cc(-c2c(F)c(F)c(F)c(F)c2F)c[nH]c1=O. The topological polar surface area (TPSA) is 49.9 Å². The number of carbonyl (C=O) groups is 1. The molecule has 1 aromatic carbocycles. The molecule has 0 fully saturated rings. The minimum Gasteiger partial charge on any atom is -0.328 e. The van der Waals surface area contributed by atoms with E-state index < -0.39 is 51.3 Å². The number of pyridine rings is 1. The van der Waals surface area contributed by atoms with Crippen molar-refractivity contribution in [2.45, 2.75) is 0 Å². The van der Waals surface area contributed by atoms with Crippen molar-refractivity contribution in [3.05, 3.63) is 57.3 Å². The van der Waals surface area contributed by atoms with Gasteiger partial charge in [0.25, 0.3) is 5.56 Å². The summed E-state index contributed by atoms with van der Waals surface area (Å²) in [6, 6.07) is 0.726. The number of rotatable bonds is 2. The van der Waals surface area contributed by atoms with Gasteiger partial charge >= 0.3 is 0 Å². The fraction of sp³-hybridized carbons (Fsp3) is 0. The monoisotopic (exact) mass is 289 g/mol. The number of benzene rings is 1. The van der Waals surface area contributed by atoms with Gasteiger partial charge in [-0.3, -0.25) is 9.59 Å². The number of carbonyl (C=O) groups excluding carboxylic acids is 1. The van der Waals surface area contributed by atoms with Crippen LogP contribution in [0.15, 0.2) is 17.1 Å². The van der Waals surface area contributed by atoms with Crippen molar-refractivity contribution in [3.8, 4) is 11.1 Å². The summed E-state index contributed by atoms with van der Waals surface area (Å²) in [6.07, 6.45) is 0.835. The van der Waals surface area contributed by atoms with Gasteiger partial charge in [0.05, 0.1) is 11.1 Å². The normalized spacial score (nSPS) is 10.7. The van der Waals surface area contributed by atoms with Crippen molar-refractivity contribution < 1.29 is 26.7 Å². The zero-order valence-electron chi connectivity index (χ0n) is 9.44. The molecule has 0 radical (unpaired) electrons. The fourth-order valence-corrected chi connectivity index (χ4v) is 1.59. The molecule has 0 aliphatic heterocycles. The second-order valence-corrected chi connectivity index (χ2v) is 3.74. The molecule has 104 valence electrons. The summed E-state index contributed by atoms with van der Waals surface area (Å²) in [4.78, 5) is 23.6. The zero-order valence-corrected chi connectivity index (χ0v) is 9.44. The molecular weight excluding hydrogens is 285 g/mol. The summed E-state index contributed by atoms with van der Waals surface area (Å²) in [7, 11) is 0. The Morgan fingerprint density at radius 2 is 1.40 bits per heavy atom. The van der Waals surface area contributed by atoms with E-state index in [0.717, 1.165) is 12.3 Å². The molecule has 2 aromatic rings. The number of hydrogen-bond acceptors (Lipinski definition) is 2. The van der Waals surface area contributed by atoms with E-state index in [1.165, 1.54) is 0 Å². The highest BCUT2D eigenvalue weighted by atomic mass is 19.2.